The molecule has 0 saturated carbocycles. The van der Waals surface area contributed by atoms with Crippen LogP contribution in [0.15, 0.2) is 92.0 Å². The second-order valence-electron chi connectivity index (χ2n) is 10.2. The number of nitrogens with zero attached hydrogens (tertiary/aromatic N) is 2. The Labute approximate surface area is 243 Å². The molecule has 42 heavy (non-hydrogen) atoms. The second-order valence-corrected chi connectivity index (χ2v) is 10.2. The molecule has 200 valence electrons. The first-order valence-electron chi connectivity index (χ1n) is 13.7. The van der Waals surface area contributed by atoms with Crippen molar-refractivity contribution in [3.05, 3.63) is 131 Å². The Balaban J connectivity index is 1.61. The highest BCUT2D eigenvalue weighted by Crippen LogP contribution is 2.33. The molecule has 0 atom stereocenters. The third-order valence-corrected chi connectivity index (χ3v) is 7.56. The van der Waals surface area contributed by atoms with Crippen molar-refractivity contribution in [1.29, 1.82) is 0 Å². The quantitative estimate of drug-likeness (QED) is 0.213. The van der Waals surface area contributed by atoms with Gasteiger partial charge in [0.2, 0.25) is 0 Å². The average Bonchev–Trinajstić information content (AvgIpc) is 3.84. The molecule has 0 unspecified atom stereocenters. The molecule has 0 fully saturated rings. The van der Waals surface area contributed by atoms with Crippen molar-refractivity contribution in [2.45, 2.75) is 0 Å². The van der Waals surface area contributed by atoms with Crippen LogP contribution in [0.3, 0.4) is 0 Å². The number of aromatic amines is 2. The van der Waals surface area contributed by atoms with Gasteiger partial charge in [0, 0.05) is 27.7 Å². The van der Waals surface area contributed by atoms with E-state index in [0.29, 0.717) is 16.8 Å². The number of hydrogen-bond acceptors (Lipinski definition) is 3. The van der Waals surface area contributed by atoms with Crippen molar-refractivity contribution < 1.29 is 4.79 Å². The van der Waals surface area contributed by atoms with E-state index in [1.54, 1.807) is 0 Å². The highest BCUT2D eigenvalue weighted by molar-refractivity contribution is 5.98. The average molecular weight is 543 g/mol. The molecule has 3 aromatic heterocycles. The molecule has 0 aliphatic carbocycles. The number of aromatic nitrogens is 4. The predicted octanol–water partition coefficient (Wildman–Crippen LogP) is 9.09. The maximum atomic E-state index is 12.5. The molecule has 2 aliphatic rings. The van der Waals surface area contributed by atoms with Gasteiger partial charge in [-0.2, -0.15) is 0 Å². The fourth-order valence-corrected chi connectivity index (χ4v) is 5.54. The van der Waals surface area contributed by atoms with Gasteiger partial charge in [0.05, 0.1) is 33.9 Å². The number of fused-ring (bicyclic) bond motifs is 8. The van der Waals surface area contributed by atoms with E-state index in [0.717, 1.165) is 73.3 Å². The molecule has 2 aliphatic heterocycles. The van der Waals surface area contributed by atoms with Crippen molar-refractivity contribution in [2.75, 3.05) is 0 Å². The molecule has 0 radical (unpaired) electrons. The van der Waals surface area contributed by atoms with Crippen LogP contribution < -0.4 is 0 Å². The first kappa shape index (κ1) is 25.2. The van der Waals surface area contributed by atoms with Gasteiger partial charge in [0.1, 0.15) is 0 Å². The molecular formula is C37H26N4O. The van der Waals surface area contributed by atoms with Gasteiger partial charge >= 0.3 is 0 Å². The van der Waals surface area contributed by atoms with Crippen LogP contribution in [0.2, 0.25) is 0 Å². The molecule has 5 heteroatoms. The van der Waals surface area contributed by atoms with Gasteiger partial charge in [-0.05, 0) is 89.0 Å². The Hall–Kier alpha value is -5.81. The lowest BCUT2D eigenvalue weighted by Gasteiger charge is -2.05. The van der Waals surface area contributed by atoms with E-state index in [4.69, 9.17) is 9.97 Å². The predicted molar refractivity (Wildman–Crippen MR) is 175 cm³/mol. The minimum Gasteiger partial charge on any atom is -0.355 e. The third-order valence-electron chi connectivity index (χ3n) is 7.56. The summed E-state index contributed by atoms with van der Waals surface area (Å²) in [6.07, 6.45) is 12.4. The zero-order chi connectivity index (χ0) is 28.6. The second kappa shape index (κ2) is 10.3. The maximum absolute atomic E-state index is 12.5. The van der Waals surface area contributed by atoms with Crippen LogP contribution in [0.1, 0.15) is 44.3 Å². The molecule has 5 nitrogen and oxygen atoms in total. The number of carbonyl (C=O) groups is 1. The molecule has 7 rings (SSSR count). The summed E-state index contributed by atoms with van der Waals surface area (Å²) < 4.78 is 0. The molecule has 2 aromatic carbocycles. The van der Waals surface area contributed by atoms with Crippen molar-refractivity contribution in [3.8, 4) is 22.3 Å². The van der Waals surface area contributed by atoms with Gasteiger partial charge in [0.25, 0.3) is 0 Å². The van der Waals surface area contributed by atoms with Crippen LogP contribution in [0.4, 0.5) is 0 Å². The molecule has 0 amide bonds. The molecule has 0 spiro atoms. The lowest BCUT2D eigenvalue weighted by Crippen LogP contribution is -1.90. The number of carbonyl (C=O) groups excluding carboxylic acids is 1. The summed E-state index contributed by atoms with van der Waals surface area (Å²) >= 11 is 0. The van der Waals surface area contributed by atoms with E-state index < -0.39 is 0 Å². The molecule has 8 bridgehead atoms. The first-order valence-corrected chi connectivity index (χ1v) is 13.7. The zero-order valence-electron chi connectivity index (χ0n) is 22.8. The number of hydrogen-bond donors (Lipinski definition) is 2. The largest absolute Gasteiger partial charge is 0.355 e. The van der Waals surface area contributed by atoms with Gasteiger partial charge in [-0.3, -0.25) is 4.79 Å². The van der Waals surface area contributed by atoms with E-state index in [9.17, 15) is 4.79 Å². The normalized spacial score (nSPS) is 11.9. The van der Waals surface area contributed by atoms with Crippen molar-refractivity contribution in [1.82, 2.24) is 19.9 Å². The van der Waals surface area contributed by atoms with Gasteiger partial charge < -0.3 is 9.97 Å². The molecule has 2 N–H and O–H groups in total. The van der Waals surface area contributed by atoms with E-state index in [-0.39, 0.29) is 0 Å². The van der Waals surface area contributed by atoms with Crippen molar-refractivity contribution >= 4 is 64.8 Å². The number of aldehydes is 1. The summed E-state index contributed by atoms with van der Waals surface area (Å²) in [4.78, 5) is 29.6. The van der Waals surface area contributed by atoms with Crippen LogP contribution in [-0.4, -0.2) is 26.2 Å². The number of nitrogens with one attached hydrogen (secondary N) is 2. The van der Waals surface area contributed by atoms with Gasteiger partial charge in [-0.1, -0.05) is 61.7 Å². The Bertz CT molecular complexity index is 2110. The SMILES string of the molecule is C=Cc1cccc(-c2c3nc(c(C=O)c4ccc([nH]4)c(-c4cccc(C=C)c4)c4nc(cc5ccc2[nH]5)C=C4)C=C3)c1. The summed E-state index contributed by atoms with van der Waals surface area (Å²) in [5.74, 6) is 0. The Morgan fingerprint density at radius 1 is 0.595 bits per heavy atom. The number of H-pyrrole nitrogens is 2. The highest BCUT2D eigenvalue weighted by Gasteiger charge is 2.15. The fourth-order valence-electron chi connectivity index (χ4n) is 5.54. The monoisotopic (exact) mass is 542 g/mol. The first-order chi connectivity index (χ1) is 20.6. The van der Waals surface area contributed by atoms with Gasteiger partial charge in [-0.25, -0.2) is 9.97 Å². The Morgan fingerprint density at radius 2 is 1.19 bits per heavy atom. The van der Waals surface area contributed by atoms with E-state index in [2.05, 4.69) is 53.5 Å². The number of rotatable bonds is 5. The smallest absolute Gasteiger partial charge is 0.154 e. The van der Waals surface area contributed by atoms with Crippen LogP contribution >= 0.6 is 0 Å². The minimum absolute atomic E-state index is 0.481. The Kier molecular flexibility index (Phi) is 6.18. The standard InChI is InChI=1S/C37H26N4O/c1-3-23-7-5-9-25(19-23)36-32-13-11-27(38-32)21-28-12-14-33(39-28)37(26-10-6-8-24(4-2)20-26)35-18-16-31(41-35)29(22-42)30-15-17-34(36)40-30/h3-22,38,41H,1-2H2. The topological polar surface area (TPSA) is 74.4 Å². The summed E-state index contributed by atoms with van der Waals surface area (Å²) in [6.45, 7) is 7.88. The fraction of sp³-hybridized carbons (Fsp3) is 0. The summed E-state index contributed by atoms with van der Waals surface area (Å²) in [5.41, 5.74) is 12.7. The highest BCUT2D eigenvalue weighted by atomic mass is 16.1. The molecule has 0 saturated heterocycles. The molecule has 5 aromatic rings. The third kappa shape index (κ3) is 4.43. The lowest BCUT2D eigenvalue weighted by atomic mass is 10.0. The summed E-state index contributed by atoms with van der Waals surface area (Å²) in [7, 11) is 0. The van der Waals surface area contributed by atoms with E-state index >= 15 is 0 Å². The van der Waals surface area contributed by atoms with Crippen LogP contribution in [0.25, 0.3) is 80.8 Å². The van der Waals surface area contributed by atoms with Crippen molar-refractivity contribution in [2.24, 2.45) is 0 Å². The Morgan fingerprint density at radius 3 is 1.88 bits per heavy atom. The summed E-state index contributed by atoms with van der Waals surface area (Å²) in [5, 5.41) is 0. The summed E-state index contributed by atoms with van der Waals surface area (Å²) in [6, 6.07) is 26.4. The van der Waals surface area contributed by atoms with Gasteiger partial charge in [0.15, 0.2) is 6.29 Å². The molecule has 5 heterocycles. The van der Waals surface area contributed by atoms with E-state index in [1.165, 1.54) is 0 Å². The van der Waals surface area contributed by atoms with E-state index in [1.807, 2.05) is 85.0 Å². The van der Waals surface area contributed by atoms with Crippen molar-refractivity contribution in [3.63, 3.8) is 0 Å². The van der Waals surface area contributed by atoms with Crippen LogP contribution in [0, 0.1) is 0 Å². The molecular weight excluding hydrogens is 516 g/mol. The zero-order valence-corrected chi connectivity index (χ0v) is 22.8. The maximum Gasteiger partial charge on any atom is 0.154 e. The lowest BCUT2D eigenvalue weighted by molar-refractivity contribution is 0.112. The van der Waals surface area contributed by atoms with Gasteiger partial charge in [-0.15, -0.1) is 0 Å². The minimum atomic E-state index is 0.481. The number of benzene rings is 2. The van der Waals surface area contributed by atoms with Crippen LogP contribution in [0.5, 0.6) is 0 Å². The van der Waals surface area contributed by atoms with Crippen LogP contribution in [-0.2, 0) is 0 Å².